The summed E-state index contributed by atoms with van der Waals surface area (Å²) in [5.74, 6) is 0. The third-order valence-corrected chi connectivity index (χ3v) is 11.0. The molecule has 2 fully saturated rings. The van der Waals surface area contributed by atoms with Crippen molar-refractivity contribution in [2.24, 2.45) is 0 Å². The molecule has 2 aromatic rings. The molecule has 0 radical (unpaired) electrons. The quantitative estimate of drug-likeness (QED) is 0.693. The Morgan fingerprint density at radius 3 is 2.09 bits per heavy atom. The van der Waals surface area contributed by atoms with Crippen LogP contribution in [0.25, 0.3) is 0 Å². The second-order valence-corrected chi connectivity index (χ2v) is 11.0. The SMILES string of the molecule is C[C@H](O)C[C@@H]1C2OC2C[Si]1(c1ccccc1)c1ccccc1. The Morgan fingerprint density at radius 1 is 1.05 bits per heavy atom. The fourth-order valence-corrected chi connectivity index (χ4v) is 10.5. The van der Waals surface area contributed by atoms with Gasteiger partial charge in [-0.25, -0.2) is 0 Å². The summed E-state index contributed by atoms with van der Waals surface area (Å²) in [5.41, 5.74) is 0.474. The van der Waals surface area contributed by atoms with Gasteiger partial charge < -0.3 is 9.84 Å². The smallest absolute Gasteiger partial charge is 0.126 e. The van der Waals surface area contributed by atoms with Crippen LogP contribution < -0.4 is 10.4 Å². The summed E-state index contributed by atoms with van der Waals surface area (Å²) in [6.45, 7) is 1.91. The van der Waals surface area contributed by atoms with Gasteiger partial charge in [0.25, 0.3) is 0 Å². The lowest BCUT2D eigenvalue weighted by atomic mass is 10.1. The van der Waals surface area contributed by atoms with Crippen molar-refractivity contribution in [3.05, 3.63) is 60.7 Å². The lowest BCUT2D eigenvalue weighted by Crippen LogP contribution is -2.61. The highest BCUT2D eigenvalue weighted by atomic mass is 28.3. The Bertz CT molecular complexity index is 601. The van der Waals surface area contributed by atoms with Crippen molar-refractivity contribution in [3.8, 4) is 0 Å². The molecule has 4 rings (SSSR count). The molecule has 0 aliphatic carbocycles. The zero-order chi connectivity index (χ0) is 15.2. The zero-order valence-electron chi connectivity index (χ0n) is 12.9. The summed E-state index contributed by atoms with van der Waals surface area (Å²) < 4.78 is 5.89. The highest BCUT2D eigenvalue weighted by Crippen LogP contribution is 2.53. The molecule has 0 spiro atoms. The molecule has 0 bridgehead atoms. The van der Waals surface area contributed by atoms with E-state index in [0.717, 1.165) is 12.5 Å². The predicted molar refractivity (Wildman–Crippen MR) is 91.4 cm³/mol. The van der Waals surface area contributed by atoms with Crippen molar-refractivity contribution < 1.29 is 9.84 Å². The predicted octanol–water partition coefficient (Wildman–Crippen LogP) is 2.17. The van der Waals surface area contributed by atoms with E-state index in [-0.39, 0.29) is 6.10 Å². The third kappa shape index (κ3) is 2.16. The van der Waals surface area contributed by atoms with Crippen molar-refractivity contribution in [3.63, 3.8) is 0 Å². The topological polar surface area (TPSA) is 32.8 Å². The first-order chi connectivity index (χ1) is 10.7. The van der Waals surface area contributed by atoms with Crippen LogP contribution in [0, 0.1) is 0 Å². The summed E-state index contributed by atoms with van der Waals surface area (Å²) in [6.07, 6.45) is 1.35. The average Bonchev–Trinajstić information content (AvgIpc) is 3.24. The minimum atomic E-state index is -1.88. The van der Waals surface area contributed by atoms with E-state index >= 15 is 0 Å². The first kappa shape index (κ1) is 14.2. The van der Waals surface area contributed by atoms with E-state index in [0.29, 0.717) is 17.7 Å². The number of aliphatic hydroxyl groups is 1. The lowest BCUT2D eigenvalue weighted by Gasteiger charge is -2.37. The largest absolute Gasteiger partial charge is 0.393 e. The number of benzene rings is 2. The van der Waals surface area contributed by atoms with Gasteiger partial charge in [0.1, 0.15) is 8.07 Å². The van der Waals surface area contributed by atoms with Crippen LogP contribution in [0.15, 0.2) is 60.7 Å². The Labute approximate surface area is 132 Å². The fraction of sp³-hybridized carbons (Fsp3) is 0.368. The summed E-state index contributed by atoms with van der Waals surface area (Å²) in [5, 5.41) is 13.0. The van der Waals surface area contributed by atoms with Crippen molar-refractivity contribution in [1.82, 2.24) is 0 Å². The summed E-state index contributed by atoms with van der Waals surface area (Å²) >= 11 is 0. The number of hydrogen-bond acceptors (Lipinski definition) is 2. The number of hydrogen-bond donors (Lipinski definition) is 1. The van der Waals surface area contributed by atoms with Crippen LogP contribution in [0.1, 0.15) is 13.3 Å². The van der Waals surface area contributed by atoms with Gasteiger partial charge >= 0.3 is 0 Å². The molecule has 22 heavy (non-hydrogen) atoms. The normalized spacial score (nSPS) is 29.8. The first-order valence-corrected chi connectivity index (χ1v) is 10.4. The molecule has 0 aromatic heterocycles. The van der Waals surface area contributed by atoms with Crippen LogP contribution in [-0.4, -0.2) is 31.5 Å². The molecule has 114 valence electrons. The standard InChI is InChI=1S/C19H22O2Si/c1-14(20)12-18-19-17(21-19)13-22(18,15-8-4-2-5-9-15)16-10-6-3-7-11-16/h2-11,14,17-20H,12-13H2,1H3/t14-,17?,18+,19?/m0/s1. The third-order valence-electron chi connectivity index (χ3n) is 5.35. The summed E-state index contributed by atoms with van der Waals surface area (Å²) in [4.78, 5) is 0. The average molecular weight is 310 g/mol. The number of fused-ring (bicyclic) bond motifs is 1. The van der Waals surface area contributed by atoms with Crippen molar-refractivity contribution >= 4 is 18.4 Å². The van der Waals surface area contributed by atoms with Crippen molar-refractivity contribution in [2.75, 3.05) is 0 Å². The highest BCUT2D eigenvalue weighted by molar-refractivity contribution is 7.04. The number of epoxide rings is 1. The minimum absolute atomic E-state index is 0.271. The van der Waals surface area contributed by atoms with Crippen LogP contribution >= 0.6 is 0 Å². The van der Waals surface area contributed by atoms with Gasteiger partial charge in [-0.1, -0.05) is 71.0 Å². The second-order valence-electron chi connectivity index (χ2n) is 6.74. The molecule has 0 saturated carbocycles. The van der Waals surface area contributed by atoms with Gasteiger partial charge in [-0.05, 0) is 24.9 Å². The van der Waals surface area contributed by atoms with Gasteiger partial charge in [0.15, 0.2) is 0 Å². The maximum absolute atomic E-state index is 10.0. The van der Waals surface area contributed by atoms with E-state index in [4.69, 9.17) is 4.74 Å². The molecule has 2 heterocycles. The van der Waals surface area contributed by atoms with Gasteiger partial charge in [0, 0.05) is 0 Å². The van der Waals surface area contributed by atoms with E-state index in [1.807, 2.05) is 6.92 Å². The van der Waals surface area contributed by atoms with Crippen molar-refractivity contribution in [1.29, 1.82) is 0 Å². The Kier molecular flexibility index (Phi) is 3.44. The molecule has 2 aliphatic rings. The van der Waals surface area contributed by atoms with Crippen LogP contribution in [-0.2, 0) is 4.74 Å². The molecule has 2 unspecified atom stereocenters. The zero-order valence-corrected chi connectivity index (χ0v) is 13.9. The molecule has 2 aliphatic heterocycles. The minimum Gasteiger partial charge on any atom is -0.393 e. The fourth-order valence-electron chi connectivity index (χ4n) is 4.43. The molecular weight excluding hydrogens is 288 g/mol. The van der Waals surface area contributed by atoms with E-state index < -0.39 is 8.07 Å². The number of rotatable bonds is 4. The maximum Gasteiger partial charge on any atom is 0.126 e. The monoisotopic (exact) mass is 310 g/mol. The first-order valence-electron chi connectivity index (χ1n) is 8.16. The highest BCUT2D eigenvalue weighted by Gasteiger charge is 2.65. The van der Waals surface area contributed by atoms with Gasteiger partial charge in [-0.15, -0.1) is 0 Å². The number of ether oxygens (including phenoxy) is 1. The Hall–Kier alpha value is -1.42. The molecular formula is C19H22O2Si. The molecule has 2 saturated heterocycles. The maximum atomic E-state index is 10.0. The Morgan fingerprint density at radius 2 is 1.59 bits per heavy atom. The van der Waals surface area contributed by atoms with Crippen molar-refractivity contribution in [2.45, 2.75) is 43.2 Å². The van der Waals surface area contributed by atoms with Crippen LogP contribution in [0.3, 0.4) is 0 Å². The second kappa shape index (κ2) is 5.34. The van der Waals surface area contributed by atoms with E-state index in [1.54, 1.807) is 0 Å². The number of aliphatic hydroxyl groups excluding tert-OH is 1. The molecule has 3 heteroatoms. The summed E-state index contributed by atoms with van der Waals surface area (Å²) in [6, 6.07) is 23.1. The Balaban J connectivity index is 1.86. The van der Waals surface area contributed by atoms with Gasteiger partial charge in [-0.3, -0.25) is 0 Å². The molecule has 2 aromatic carbocycles. The molecule has 4 atom stereocenters. The summed E-state index contributed by atoms with van der Waals surface area (Å²) in [7, 11) is -1.88. The van der Waals surface area contributed by atoms with Gasteiger partial charge in [0.05, 0.1) is 18.3 Å². The van der Waals surface area contributed by atoms with Crippen LogP contribution in [0.5, 0.6) is 0 Å². The van der Waals surface area contributed by atoms with Gasteiger partial charge in [0.2, 0.25) is 0 Å². The lowest BCUT2D eigenvalue weighted by molar-refractivity contribution is 0.175. The van der Waals surface area contributed by atoms with E-state index in [1.165, 1.54) is 10.4 Å². The molecule has 2 nitrogen and oxygen atoms in total. The van der Waals surface area contributed by atoms with Crippen LogP contribution in [0.2, 0.25) is 11.6 Å². The molecule has 0 amide bonds. The van der Waals surface area contributed by atoms with E-state index in [2.05, 4.69) is 60.7 Å². The van der Waals surface area contributed by atoms with Gasteiger partial charge in [-0.2, -0.15) is 0 Å². The van der Waals surface area contributed by atoms with E-state index in [9.17, 15) is 5.11 Å². The van der Waals surface area contributed by atoms with Crippen LogP contribution in [0.4, 0.5) is 0 Å². The molecule has 1 N–H and O–H groups in total.